The number of benzene rings is 2. The first kappa shape index (κ1) is 18.3. The Balaban J connectivity index is 1.66. The lowest BCUT2D eigenvalue weighted by atomic mass is 10.1. The van der Waals surface area contributed by atoms with E-state index in [1.165, 1.54) is 4.90 Å². The topological polar surface area (TPSA) is 54.2 Å². The first-order chi connectivity index (χ1) is 12.6. The smallest absolute Gasteiger partial charge is 0.159 e. The SMILES string of the molecule is CCOc1ccc(C(C)=O)cc1C[NH+]1CCN(c2ccc(O)cc2)CC1. The Morgan fingerprint density at radius 3 is 2.46 bits per heavy atom. The molecular formula is C21H27N2O3+. The standard InChI is InChI=1S/C21H26N2O3/c1-3-26-21-9-4-17(16(2)24)14-18(21)15-22-10-12-23(13-11-22)19-5-7-20(25)8-6-19/h4-9,14,25H,3,10-13,15H2,1-2H3/p+1. The van der Waals surface area contributed by atoms with E-state index in [4.69, 9.17) is 4.74 Å². The molecule has 26 heavy (non-hydrogen) atoms. The van der Waals surface area contributed by atoms with Crippen LogP contribution in [0.4, 0.5) is 5.69 Å². The maximum absolute atomic E-state index is 11.7. The first-order valence-electron chi connectivity index (χ1n) is 9.21. The number of carbonyl (C=O) groups is 1. The number of nitrogens with zero attached hydrogens (tertiary/aromatic N) is 1. The third-order valence-corrected chi connectivity index (χ3v) is 4.89. The van der Waals surface area contributed by atoms with Gasteiger partial charge in [-0.1, -0.05) is 0 Å². The predicted molar refractivity (Wildman–Crippen MR) is 102 cm³/mol. The molecule has 0 spiro atoms. The highest BCUT2D eigenvalue weighted by Gasteiger charge is 2.22. The molecule has 0 unspecified atom stereocenters. The van der Waals surface area contributed by atoms with Gasteiger partial charge in [0.25, 0.3) is 0 Å². The zero-order valence-corrected chi connectivity index (χ0v) is 15.5. The summed E-state index contributed by atoms with van der Waals surface area (Å²) in [5.74, 6) is 1.26. The van der Waals surface area contributed by atoms with Gasteiger partial charge in [-0.2, -0.15) is 0 Å². The lowest BCUT2D eigenvalue weighted by Crippen LogP contribution is -3.13. The van der Waals surface area contributed by atoms with Gasteiger partial charge in [-0.05, 0) is 56.3 Å². The van der Waals surface area contributed by atoms with Crippen LogP contribution >= 0.6 is 0 Å². The number of rotatable bonds is 6. The van der Waals surface area contributed by atoms with Crippen molar-refractivity contribution in [3.63, 3.8) is 0 Å². The number of nitrogens with one attached hydrogen (secondary N) is 1. The summed E-state index contributed by atoms with van der Waals surface area (Å²) in [5.41, 5.74) is 2.99. The minimum atomic E-state index is 0.0847. The summed E-state index contributed by atoms with van der Waals surface area (Å²) in [4.78, 5) is 15.5. The van der Waals surface area contributed by atoms with E-state index in [0.29, 0.717) is 12.4 Å². The van der Waals surface area contributed by atoms with Gasteiger partial charge >= 0.3 is 0 Å². The van der Waals surface area contributed by atoms with Gasteiger partial charge in [-0.3, -0.25) is 4.79 Å². The molecule has 138 valence electrons. The minimum absolute atomic E-state index is 0.0847. The minimum Gasteiger partial charge on any atom is -0.508 e. The molecule has 0 saturated carbocycles. The van der Waals surface area contributed by atoms with Gasteiger partial charge in [0.1, 0.15) is 18.0 Å². The second-order valence-corrected chi connectivity index (χ2v) is 6.74. The van der Waals surface area contributed by atoms with Gasteiger partial charge in [0.05, 0.1) is 32.8 Å². The van der Waals surface area contributed by atoms with E-state index in [2.05, 4.69) is 4.90 Å². The normalized spacial score (nSPS) is 15.1. The number of phenols is 1. The highest BCUT2D eigenvalue weighted by molar-refractivity contribution is 5.94. The molecule has 0 aromatic heterocycles. The molecule has 2 aromatic rings. The van der Waals surface area contributed by atoms with E-state index >= 15 is 0 Å². The van der Waals surface area contributed by atoms with Crippen LogP contribution in [-0.4, -0.2) is 43.7 Å². The van der Waals surface area contributed by atoms with Crippen molar-refractivity contribution in [2.24, 2.45) is 0 Å². The van der Waals surface area contributed by atoms with Crippen LogP contribution in [0.3, 0.4) is 0 Å². The number of carbonyl (C=O) groups excluding carboxylic acids is 1. The van der Waals surface area contributed by atoms with Gasteiger partial charge in [0.15, 0.2) is 5.78 Å². The summed E-state index contributed by atoms with van der Waals surface area (Å²) >= 11 is 0. The maximum atomic E-state index is 11.7. The summed E-state index contributed by atoms with van der Waals surface area (Å²) in [6.07, 6.45) is 0. The molecule has 0 aliphatic carbocycles. The van der Waals surface area contributed by atoms with E-state index in [1.807, 2.05) is 37.3 Å². The van der Waals surface area contributed by atoms with Crippen molar-refractivity contribution in [3.05, 3.63) is 53.6 Å². The molecule has 0 amide bonds. The van der Waals surface area contributed by atoms with Gasteiger partial charge in [-0.15, -0.1) is 0 Å². The fraction of sp³-hybridized carbons (Fsp3) is 0.381. The molecule has 5 nitrogen and oxygen atoms in total. The fourth-order valence-electron chi connectivity index (χ4n) is 3.42. The van der Waals surface area contributed by atoms with E-state index in [0.717, 1.165) is 55.3 Å². The van der Waals surface area contributed by atoms with Crippen LogP contribution in [0.1, 0.15) is 29.8 Å². The van der Waals surface area contributed by atoms with Crippen molar-refractivity contribution in [1.29, 1.82) is 0 Å². The number of phenolic OH excluding ortho intramolecular Hbond substituents is 1. The predicted octanol–water partition coefficient (Wildman–Crippen LogP) is 1.90. The average Bonchev–Trinajstić information content (AvgIpc) is 2.64. The Morgan fingerprint density at radius 1 is 1.15 bits per heavy atom. The van der Waals surface area contributed by atoms with Crippen LogP contribution in [0.15, 0.2) is 42.5 Å². The summed E-state index contributed by atoms with van der Waals surface area (Å²) in [5, 5.41) is 9.43. The zero-order valence-electron chi connectivity index (χ0n) is 15.5. The Kier molecular flexibility index (Phi) is 5.78. The number of Topliss-reactive ketones (excluding diaryl/α,β-unsaturated/α-hetero) is 1. The molecule has 1 aliphatic heterocycles. The monoisotopic (exact) mass is 355 g/mol. The van der Waals surface area contributed by atoms with Crippen molar-refractivity contribution in [3.8, 4) is 11.5 Å². The van der Waals surface area contributed by atoms with Crippen LogP contribution in [0.25, 0.3) is 0 Å². The number of ether oxygens (including phenoxy) is 1. The molecule has 0 radical (unpaired) electrons. The summed E-state index contributed by atoms with van der Waals surface area (Å²) in [6.45, 7) is 9.05. The van der Waals surface area contributed by atoms with Crippen LogP contribution in [-0.2, 0) is 6.54 Å². The zero-order chi connectivity index (χ0) is 18.5. The van der Waals surface area contributed by atoms with E-state index in [9.17, 15) is 9.90 Å². The number of quaternary nitrogens is 1. The van der Waals surface area contributed by atoms with Crippen molar-refractivity contribution < 1.29 is 19.5 Å². The second kappa shape index (κ2) is 8.23. The first-order valence-corrected chi connectivity index (χ1v) is 9.21. The highest BCUT2D eigenvalue weighted by atomic mass is 16.5. The molecule has 2 aromatic carbocycles. The largest absolute Gasteiger partial charge is 0.508 e. The number of ketones is 1. The molecule has 1 heterocycles. The Labute approximate surface area is 154 Å². The molecule has 1 aliphatic rings. The van der Waals surface area contributed by atoms with Gasteiger partial charge in [0.2, 0.25) is 0 Å². The van der Waals surface area contributed by atoms with Crippen molar-refractivity contribution in [2.45, 2.75) is 20.4 Å². The summed E-state index contributed by atoms with van der Waals surface area (Å²) in [7, 11) is 0. The lowest BCUT2D eigenvalue weighted by Gasteiger charge is -2.34. The Morgan fingerprint density at radius 2 is 1.85 bits per heavy atom. The van der Waals surface area contributed by atoms with Crippen LogP contribution in [0.2, 0.25) is 0 Å². The van der Waals surface area contributed by atoms with Crippen molar-refractivity contribution >= 4 is 11.5 Å². The number of hydrogen-bond donors (Lipinski definition) is 2. The van der Waals surface area contributed by atoms with Gasteiger partial charge < -0.3 is 19.6 Å². The van der Waals surface area contributed by atoms with Crippen LogP contribution < -0.4 is 14.5 Å². The third kappa shape index (κ3) is 4.35. The number of aromatic hydroxyl groups is 1. The van der Waals surface area contributed by atoms with Gasteiger partial charge in [0, 0.05) is 16.8 Å². The molecule has 1 saturated heterocycles. The lowest BCUT2D eigenvalue weighted by molar-refractivity contribution is -0.914. The molecule has 0 atom stereocenters. The molecule has 5 heteroatoms. The highest BCUT2D eigenvalue weighted by Crippen LogP contribution is 2.21. The maximum Gasteiger partial charge on any atom is 0.159 e. The third-order valence-electron chi connectivity index (χ3n) is 4.89. The molecule has 0 bridgehead atoms. The Hall–Kier alpha value is -2.53. The van der Waals surface area contributed by atoms with E-state index in [-0.39, 0.29) is 5.78 Å². The average molecular weight is 355 g/mol. The Bertz CT molecular complexity index is 750. The van der Waals surface area contributed by atoms with Crippen molar-refractivity contribution in [1.82, 2.24) is 0 Å². The molecular weight excluding hydrogens is 328 g/mol. The summed E-state index contributed by atoms with van der Waals surface area (Å²) in [6, 6.07) is 13.1. The molecule has 3 rings (SSSR count). The molecule has 1 fully saturated rings. The summed E-state index contributed by atoms with van der Waals surface area (Å²) < 4.78 is 5.76. The van der Waals surface area contributed by atoms with E-state index < -0.39 is 0 Å². The van der Waals surface area contributed by atoms with E-state index in [1.54, 1.807) is 19.1 Å². The van der Waals surface area contributed by atoms with Crippen LogP contribution in [0.5, 0.6) is 11.5 Å². The van der Waals surface area contributed by atoms with Crippen LogP contribution in [0, 0.1) is 0 Å². The fourth-order valence-corrected chi connectivity index (χ4v) is 3.42. The van der Waals surface area contributed by atoms with Gasteiger partial charge in [-0.25, -0.2) is 0 Å². The van der Waals surface area contributed by atoms with Crippen molar-refractivity contribution in [2.75, 3.05) is 37.7 Å². The molecule has 2 N–H and O–H groups in total. The number of piperazine rings is 1. The quantitative estimate of drug-likeness (QED) is 0.777. The number of anilines is 1. The number of hydrogen-bond acceptors (Lipinski definition) is 4. The second-order valence-electron chi connectivity index (χ2n) is 6.74.